The number of unbranched alkanes of at least 4 members (excludes halogenated alkanes) is 7. The van der Waals surface area contributed by atoms with E-state index in [1.54, 1.807) is 0 Å². The van der Waals surface area contributed by atoms with Gasteiger partial charge in [0.25, 0.3) is 0 Å². The van der Waals surface area contributed by atoms with Gasteiger partial charge in [0.15, 0.2) is 6.29 Å². The number of hydrogen-bond acceptors (Lipinski definition) is 2. The molecule has 0 bridgehead atoms. The monoisotopic (exact) mass is 214 g/mol. The first-order valence-electron chi connectivity index (χ1n) is 6.23. The molecule has 0 spiro atoms. The van der Waals surface area contributed by atoms with Crippen LogP contribution >= 0.6 is 0 Å². The van der Waals surface area contributed by atoms with Crippen molar-refractivity contribution in [3.05, 3.63) is 12.7 Å². The number of hydrogen-bond donors (Lipinski definition) is 1. The van der Waals surface area contributed by atoms with E-state index in [4.69, 9.17) is 9.84 Å². The van der Waals surface area contributed by atoms with Gasteiger partial charge in [0.05, 0.1) is 6.61 Å². The Morgan fingerprint density at radius 1 is 1.07 bits per heavy atom. The summed E-state index contributed by atoms with van der Waals surface area (Å²) in [5.74, 6) is 0. The second kappa shape index (κ2) is 11.7. The third-order valence-electron chi connectivity index (χ3n) is 2.49. The molecule has 0 aromatic carbocycles. The van der Waals surface area contributed by atoms with Gasteiger partial charge in [-0.2, -0.15) is 0 Å². The lowest BCUT2D eigenvalue weighted by atomic mass is 10.1. The van der Waals surface area contributed by atoms with Gasteiger partial charge in [0.2, 0.25) is 0 Å². The number of aliphatic hydroxyl groups excluding tert-OH is 1. The van der Waals surface area contributed by atoms with Gasteiger partial charge in [-0.1, -0.05) is 58.4 Å². The Balaban J connectivity index is 2.95. The molecule has 0 aromatic heterocycles. The second-order valence-corrected chi connectivity index (χ2v) is 3.97. The molecule has 0 aliphatic rings. The maximum atomic E-state index is 9.02. The molecule has 1 atom stereocenters. The van der Waals surface area contributed by atoms with Crippen LogP contribution in [0.1, 0.15) is 58.3 Å². The van der Waals surface area contributed by atoms with Crippen LogP contribution in [0.25, 0.3) is 0 Å². The van der Waals surface area contributed by atoms with Crippen molar-refractivity contribution in [3.8, 4) is 0 Å². The zero-order valence-corrected chi connectivity index (χ0v) is 10.1. The SMILES string of the molecule is C=CC(O)OCCCCCCCCCC. The van der Waals surface area contributed by atoms with E-state index in [9.17, 15) is 0 Å². The fraction of sp³-hybridized carbons (Fsp3) is 0.846. The smallest absolute Gasteiger partial charge is 0.173 e. The number of rotatable bonds is 11. The second-order valence-electron chi connectivity index (χ2n) is 3.97. The van der Waals surface area contributed by atoms with Crippen LogP contribution in [0.2, 0.25) is 0 Å². The summed E-state index contributed by atoms with van der Waals surface area (Å²) in [6.45, 7) is 6.32. The third-order valence-corrected chi connectivity index (χ3v) is 2.49. The predicted octanol–water partition coefficient (Wildman–Crippen LogP) is 3.65. The minimum Gasteiger partial charge on any atom is -0.365 e. The largest absolute Gasteiger partial charge is 0.365 e. The highest BCUT2D eigenvalue weighted by atomic mass is 16.6. The predicted molar refractivity (Wildman–Crippen MR) is 64.8 cm³/mol. The molecule has 0 rings (SSSR count). The highest BCUT2D eigenvalue weighted by Gasteiger charge is 1.96. The third kappa shape index (κ3) is 11.6. The molecule has 0 aliphatic carbocycles. The van der Waals surface area contributed by atoms with Crippen molar-refractivity contribution < 1.29 is 9.84 Å². The van der Waals surface area contributed by atoms with Crippen molar-refractivity contribution in [1.82, 2.24) is 0 Å². The van der Waals surface area contributed by atoms with Gasteiger partial charge in [0.1, 0.15) is 0 Å². The molecule has 0 aliphatic heterocycles. The normalized spacial score (nSPS) is 12.7. The minimum atomic E-state index is -0.783. The van der Waals surface area contributed by atoms with E-state index in [-0.39, 0.29) is 0 Å². The topological polar surface area (TPSA) is 29.5 Å². The Morgan fingerprint density at radius 3 is 2.13 bits per heavy atom. The summed E-state index contributed by atoms with van der Waals surface area (Å²) in [4.78, 5) is 0. The first-order chi connectivity index (χ1) is 7.31. The van der Waals surface area contributed by atoms with Gasteiger partial charge in [-0.15, -0.1) is 0 Å². The number of ether oxygens (including phenoxy) is 1. The molecule has 2 heteroatoms. The highest BCUT2D eigenvalue weighted by Crippen LogP contribution is 2.08. The Kier molecular flexibility index (Phi) is 11.5. The van der Waals surface area contributed by atoms with Gasteiger partial charge in [0, 0.05) is 0 Å². The molecule has 0 fully saturated rings. The average Bonchev–Trinajstić information content (AvgIpc) is 2.26. The van der Waals surface area contributed by atoms with Crippen LogP contribution in [0.15, 0.2) is 12.7 Å². The van der Waals surface area contributed by atoms with Gasteiger partial charge >= 0.3 is 0 Å². The lowest BCUT2D eigenvalue weighted by Crippen LogP contribution is -2.08. The molecule has 0 saturated carbocycles. The van der Waals surface area contributed by atoms with Crippen molar-refractivity contribution in [1.29, 1.82) is 0 Å². The van der Waals surface area contributed by atoms with Crippen LogP contribution in [0.4, 0.5) is 0 Å². The molecule has 0 saturated heterocycles. The minimum absolute atomic E-state index is 0.641. The molecule has 15 heavy (non-hydrogen) atoms. The summed E-state index contributed by atoms with van der Waals surface area (Å²) in [7, 11) is 0. The molecule has 0 amide bonds. The highest BCUT2D eigenvalue weighted by molar-refractivity contribution is 4.69. The summed E-state index contributed by atoms with van der Waals surface area (Å²) in [5.41, 5.74) is 0. The van der Waals surface area contributed by atoms with E-state index in [1.807, 2.05) is 0 Å². The van der Waals surface area contributed by atoms with Gasteiger partial charge < -0.3 is 9.84 Å². The molecule has 90 valence electrons. The first-order valence-corrected chi connectivity index (χ1v) is 6.23. The fourth-order valence-corrected chi connectivity index (χ4v) is 1.51. The van der Waals surface area contributed by atoms with Crippen LogP contribution in [0, 0.1) is 0 Å². The summed E-state index contributed by atoms with van der Waals surface area (Å²) >= 11 is 0. The van der Waals surface area contributed by atoms with Crippen LogP contribution < -0.4 is 0 Å². The van der Waals surface area contributed by atoms with Crippen molar-refractivity contribution in [2.45, 2.75) is 64.6 Å². The molecule has 2 nitrogen and oxygen atoms in total. The van der Waals surface area contributed by atoms with Crippen molar-refractivity contribution in [3.63, 3.8) is 0 Å². The van der Waals surface area contributed by atoms with Gasteiger partial charge in [-0.05, 0) is 12.5 Å². The van der Waals surface area contributed by atoms with E-state index < -0.39 is 6.29 Å². The van der Waals surface area contributed by atoms with E-state index in [0.717, 1.165) is 6.42 Å². The fourth-order valence-electron chi connectivity index (χ4n) is 1.51. The molecule has 0 radical (unpaired) electrons. The van der Waals surface area contributed by atoms with Crippen LogP contribution in [0.5, 0.6) is 0 Å². The van der Waals surface area contributed by atoms with Gasteiger partial charge in [-0.25, -0.2) is 0 Å². The van der Waals surface area contributed by atoms with Crippen molar-refractivity contribution in [2.24, 2.45) is 0 Å². The Hall–Kier alpha value is -0.340. The van der Waals surface area contributed by atoms with Crippen LogP contribution in [-0.2, 0) is 4.74 Å². The lowest BCUT2D eigenvalue weighted by Gasteiger charge is -2.06. The number of aliphatic hydroxyl groups is 1. The van der Waals surface area contributed by atoms with E-state index in [0.29, 0.717) is 6.61 Å². The molecule has 0 aromatic rings. The average molecular weight is 214 g/mol. The van der Waals surface area contributed by atoms with Gasteiger partial charge in [-0.3, -0.25) is 0 Å². The molecular weight excluding hydrogens is 188 g/mol. The standard InChI is InChI=1S/C13H26O2/c1-3-5-6-7-8-9-10-11-12-15-13(14)4-2/h4,13-14H,2-3,5-12H2,1H3. The van der Waals surface area contributed by atoms with Crippen LogP contribution in [0.3, 0.4) is 0 Å². The maximum Gasteiger partial charge on any atom is 0.173 e. The Labute approximate surface area is 94.3 Å². The zero-order valence-electron chi connectivity index (χ0n) is 10.1. The summed E-state index contributed by atoms with van der Waals surface area (Å²) < 4.78 is 5.07. The molecule has 0 heterocycles. The summed E-state index contributed by atoms with van der Waals surface area (Å²) in [6.07, 6.45) is 10.9. The lowest BCUT2D eigenvalue weighted by molar-refractivity contribution is -0.0648. The first kappa shape index (κ1) is 14.7. The maximum absolute atomic E-state index is 9.02. The van der Waals surface area contributed by atoms with E-state index >= 15 is 0 Å². The van der Waals surface area contributed by atoms with Crippen LogP contribution in [-0.4, -0.2) is 18.0 Å². The summed E-state index contributed by atoms with van der Waals surface area (Å²) in [5, 5.41) is 9.02. The Bertz CT molecular complexity index is 134. The zero-order chi connectivity index (χ0) is 11.4. The molecular formula is C13H26O2. The van der Waals surface area contributed by atoms with E-state index in [1.165, 1.54) is 51.0 Å². The molecule has 1 N–H and O–H groups in total. The Morgan fingerprint density at radius 2 is 1.60 bits per heavy atom. The summed E-state index contributed by atoms with van der Waals surface area (Å²) in [6, 6.07) is 0. The van der Waals surface area contributed by atoms with Crippen molar-refractivity contribution >= 4 is 0 Å². The molecule has 1 unspecified atom stereocenters. The van der Waals surface area contributed by atoms with E-state index in [2.05, 4.69) is 13.5 Å². The van der Waals surface area contributed by atoms with Crippen molar-refractivity contribution in [2.75, 3.05) is 6.61 Å². The quantitative estimate of drug-likeness (QED) is 0.323.